The first-order chi connectivity index (χ1) is 12.6. The number of halogens is 1. The second-order valence-corrected chi connectivity index (χ2v) is 6.90. The lowest BCUT2D eigenvalue weighted by molar-refractivity contribution is 0.296. The molecule has 0 aliphatic rings. The summed E-state index contributed by atoms with van der Waals surface area (Å²) in [5.41, 5.74) is 2.22. The number of benzene rings is 2. The number of furan rings is 1. The van der Waals surface area contributed by atoms with Gasteiger partial charge < -0.3 is 13.6 Å². The van der Waals surface area contributed by atoms with Crippen LogP contribution in [0.1, 0.15) is 11.1 Å². The van der Waals surface area contributed by atoms with Crippen LogP contribution in [0.5, 0.6) is 5.75 Å². The molecule has 4 rings (SSSR count). The van der Waals surface area contributed by atoms with Gasteiger partial charge in [-0.2, -0.15) is 0 Å². The summed E-state index contributed by atoms with van der Waals surface area (Å²) in [4.78, 5) is 13.0. The lowest BCUT2D eigenvalue weighted by Gasteiger charge is -2.11. The predicted octanol–water partition coefficient (Wildman–Crippen LogP) is 5.70. The quantitative estimate of drug-likeness (QED) is 0.432. The van der Waals surface area contributed by atoms with Crippen LogP contribution < -0.4 is 10.2 Å². The summed E-state index contributed by atoms with van der Waals surface area (Å²) in [6, 6.07) is 16.7. The van der Waals surface area contributed by atoms with Gasteiger partial charge in [0, 0.05) is 4.47 Å². The molecule has 0 N–H and O–H groups in total. The van der Waals surface area contributed by atoms with Gasteiger partial charge >= 0.3 is 0 Å². The minimum absolute atomic E-state index is 0.154. The maximum absolute atomic E-state index is 13.0. The van der Waals surface area contributed by atoms with Gasteiger partial charge in [0.1, 0.15) is 12.2 Å². The highest BCUT2D eigenvalue weighted by atomic mass is 79.9. The van der Waals surface area contributed by atoms with E-state index in [-0.39, 0.29) is 17.8 Å². The van der Waals surface area contributed by atoms with E-state index in [9.17, 15) is 4.79 Å². The van der Waals surface area contributed by atoms with Crippen LogP contribution in [0, 0.1) is 6.92 Å². The molecule has 5 heteroatoms. The summed E-state index contributed by atoms with van der Waals surface area (Å²) >= 11 is 3.41. The Morgan fingerprint density at radius 1 is 1.08 bits per heavy atom. The van der Waals surface area contributed by atoms with Crippen LogP contribution in [0.25, 0.3) is 22.5 Å². The van der Waals surface area contributed by atoms with E-state index in [1.54, 1.807) is 24.3 Å². The zero-order valence-electron chi connectivity index (χ0n) is 14.0. The molecule has 0 aliphatic heterocycles. The maximum Gasteiger partial charge on any atom is 0.235 e. The monoisotopic (exact) mass is 410 g/mol. The summed E-state index contributed by atoms with van der Waals surface area (Å²) in [5, 5.41) is 0.492. The van der Waals surface area contributed by atoms with Crippen molar-refractivity contribution >= 4 is 26.9 Å². The Bertz CT molecular complexity index is 1110. The van der Waals surface area contributed by atoms with Crippen molar-refractivity contribution in [2.24, 2.45) is 0 Å². The van der Waals surface area contributed by atoms with Crippen molar-refractivity contribution in [2.45, 2.75) is 13.5 Å². The van der Waals surface area contributed by atoms with E-state index < -0.39 is 0 Å². The molecule has 0 aliphatic carbocycles. The van der Waals surface area contributed by atoms with Gasteiger partial charge in [-0.05, 0) is 48.9 Å². The van der Waals surface area contributed by atoms with E-state index in [4.69, 9.17) is 13.6 Å². The molecule has 0 atom stereocenters. The standard InChI is InChI=1S/C21H15BrO4/c1-13-4-9-17-16(11-13)19(23)21(20(26-17)18-3-2-10-24-18)25-12-14-5-7-15(22)8-6-14/h2-11H,12H2,1H3. The highest BCUT2D eigenvalue weighted by Crippen LogP contribution is 2.32. The highest BCUT2D eigenvalue weighted by Gasteiger charge is 2.19. The van der Waals surface area contributed by atoms with E-state index in [1.165, 1.54) is 6.26 Å². The Morgan fingerprint density at radius 2 is 1.88 bits per heavy atom. The molecule has 130 valence electrons. The zero-order valence-corrected chi connectivity index (χ0v) is 15.6. The summed E-state index contributed by atoms with van der Waals surface area (Å²) < 4.78 is 18.3. The fraction of sp³-hybridized carbons (Fsp3) is 0.0952. The Morgan fingerprint density at radius 3 is 2.62 bits per heavy atom. The predicted molar refractivity (Wildman–Crippen MR) is 103 cm³/mol. The molecule has 2 heterocycles. The second-order valence-electron chi connectivity index (χ2n) is 5.98. The summed E-state index contributed by atoms with van der Waals surface area (Å²) in [6.07, 6.45) is 1.53. The Labute approximate surface area is 158 Å². The van der Waals surface area contributed by atoms with Crippen molar-refractivity contribution in [3.05, 3.63) is 86.7 Å². The van der Waals surface area contributed by atoms with Crippen LogP contribution in [-0.4, -0.2) is 0 Å². The molecule has 26 heavy (non-hydrogen) atoms. The largest absolute Gasteiger partial charge is 0.481 e. The van der Waals surface area contributed by atoms with Gasteiger partial charge in [0.15, 0.2) is 5.76 Å². The zero-order chi connectivity index (χ0) is 18.1. The lowest BCUT2D eigenvalue weighted by Crippen LogP contribution is -2.10. The van der Waals surface area contributed by atoms with Gasteiger partial charge in [0.2, 0.25) is 16.9 Å². The van der Waals surface area contributed by atoms with Gasteiger partial charge in [-0.25, -0.2) is 0 Å². The first kappa shape index (κ1) is 16.7. The number of ether oxygens (including phenoxy) is 1. The Balaban J connectivity index is 1.82. The summed E-state index contributed by atoms with van der Waals surface area (Å²) in [7, 11) is 0. The average molecular weight is 411 g/mol. The van der Waals surface area contributed by atoms with Crippen molar-refractivity contribution in [3.63, 3.8) is 0 Å². The van der Waals surface area contributed by atoms with Crippen LogP contribution >= 0.6 is 15.9 Å². The molecule has 2 aromatic carbocycles. The minimum Gasteiger partial charge on any atom is -0.481 e. The van der Waals surface area contributed by atoms with E-state index >= 15 is 0 Å². The SMILES string of the molecule is Cc1ccc2oc(-c3ccco3)c(OCc3ccc(Br)cc3)c(=O)c2c1. The molecule has 0 unspecified atom stereocenters. The van der Waals surface area contributed by atoms with Crippen LogP contribution in [0.2, 0.25) is 0 Å². The maximum atomic E-state index is 13.0. The van der Waals surface area contributed by atoms with E-state index in [0.29, 0.717) is 22.5 Å². The third kappa shape index (κ3) is 3.18. The number of fused-ring (bicyclic) bond motifs is 1. The molecule has 2 aromatic heterocycles. The molecule has 0 radical (unpaired) electrons. The lowest BCUT2D eigenvalue weighted by atomic mass is 10.1. The van der Waals surface area contributed by atoms with Gasteiger partial charge in [-0.15, -0.1) is 0 Å². The Kier molecular flexibility index (Phi) is 4.39. The number of hydrogen-bond acceptors (Lipinski definition) is 4. The first-order valence-electron chi connectivity index (χ1n) is 8.10. The second kappa shape index (κ2) is 6.84. The van der Waals surface area contributed by atoms with E-state index in [0.717, 1.165) is 15.6 Å². The van der Waals surface area contributed by atoms with Crippen molar-refractivity contribution in [1.82, 2.24) is 0 Å². The number of hydrogen-bond donors (Lipinski definition) is 0. The van der Waals surface area contributed by atoms with Crippen molar-refractivity contribution in [3.8, 4) is 17.3 Å². The molecular weight excluding hydrogens is 396 g/mol. The van der Waals surface area contributed by atoms with Crippen LogP contribution in [0.4, 0.5) is 0 Å². The third-order valence-electron chi connectivity index (χ3n) is 4.05. The van der Waals surface area contributed by atoms with Crippen LogP contribution in [0.3, 0.4) is 0 Å². The number of rotatable bonds is 4. The molecule has 0 saturated carbocycles. The number of aryl methyl sites for hydroxylation is 1. The molecule has 4 nitrogen and oxygen atoms in total. The van der Waals surface area contributed by atoms with Crippen LogP contribution in [-0.2, 0) is 6.61 Å². The van der Waals surface area contributed by atoms with Crippen molar-refractivity contribution in [2.75, 3.05) is 0 Å². The molecule has 0 bridgehead atoms. The fourth-order valence-corrected chi connectivity index (χ4v) is 2.99. The third-order valence-corrected chi connectivity index (χ3v) is 4.57. The molecule has 0 saturated heterocycles. The van der Waals surface area contributed by atoms with Gasteiger partial charge in [-0.1, -0.05) is 39.7 Å². The van der Waals surface area contributed by atoms with Crippen LogP contribution in [0.15, 0.2) is 79.0 Å². The molecule has 4 aromatic rings. The van der Waals surface area contributed by atoms with E-state index in [2.05, 4.69) is 15.9 Å². The average Bonchev–Trinajstić information content (AvgIpc) is 3.17. The van der Waals surface area contributed by atoms with Gasteiger partial charge in [-0.3, -0.25) is 4.79 Å². The first-order valence-corrected chi connectivity index (χ1v) is 8.90. The summed E-state index contributed by atoms with van der Waals surface area (Å²) in [5.74, 6) is 0.907. The molecule has 0 amide bonds. The van der Waals surface area contributed by atoms with E-state index in [1.807, 2.05) is 37.3 Å². The highest BCUT2D eigenvalue weighted by molar-refractivity contribution is 9.10. The fourth-order valence-electron chi connectivity index (χ4n) is 2.73. The smallest absolute Gasteiger partial charge is 0.235 e. The Hall–Kier alpha value is -2.79. The molecular formula is C21H15BrO4. The molecule has 0 fully saturated rings. The topological polar surface area (TPSA) is 52.6 Å². The van der Waals surface area contributed by atoms with Crippen molar-refractivity contribution in [1.29, 1.82) is 0 Å². The minimum atomic E-state index is -0.210. The molecule has 0 spiro atoms. The normalized spacial score (nSPS) is 11.0. The van der Waals surface area contributed by atoms with Crippen molar-refractivity contribution < 1.29 is 13.6 Å². The van der Waals surface area contributed by atoms with Gasteiger partial charge in [0.25, 0.3) is 0 Å². The summed E-state index contributed by atoms with van der Waals surface area (Å²) in [6.45, 7) is 2.19. The van der Waals surface area contributed by atoms with Gasteiger partial charge in [0.05, 0.1) is 11.6 Å².